The van der Waals surface area contributed by atoms with Crippen molar-refractivity contribution in [3.05, 3.63) is 47.6 Å². The number of rotatable bonds is 7. The minimum absolute atomic E-state index is 0.0154. The zero-order valence-electron chi connectivity index (χ0n) is 14.6. The lowest BCUT2D eigenvalue weighted by Crippen LogP contribution is -2.30. The molecule has 0 saturated heterocycles. The molecule has 5 rings (SSSR count). The van der Waals surface area contributed by atoms with Crippen LogP contribution in [0.15, 0.2) is 34.9 Å². The third-order valence-corrected chi connectivity index (χ3v) is 6.33. The first-order valence-electron chi connectivity index (χ1n) is 9.50. The van der Waals surface area contributed by atoms with Crippen LogP contribution in [0.2, 0.25) is 0 Å². The average molecular weight is 353 g/mol. The molecule has 3 aliphatic rings. The molecular weight excluding hydrogens is 330 g/mol. The van der Waals surface area contributed by atoms with Crippen molar-refractivity contribution in [2.45, 2.75) is 55.4 Å². The van der Waals surface area contributed by atoms with Gasteiger partial charge in [-0.2, -0.15) is 4.98 Å². The fourth-order valence-corrected chi connectivity index (χ4v) is 4.08. The summed E-state index contributed by atoms with van der Waals surface area (Å²) >= 11 is 0. The smallest absolute Gasteiger partial charge is 0.306 e. The van der Waals surface area contributed by atoms with Gasteiger partial charge in [0.1, 0.15) is 0 Å². The van der Waals surface area contributed by atoms with E-state index in [1.54, 1.807) is 0 Å². The number of carboxylic acids is 1. The van der Waals surface area contributed by atoms with Crippen LogP contribution in [0.5, 0.6) is 0 Å². The zero-order chi connectivity index (χ0) is 17.7. The van der Waals surface area contributed by atoms with E-state index in [-0.39, 0.29) is 17.3 Å². The summed E-state index contributed by atoms with van der Waals surface area (Å²) < 4.78 is 5.45. The molecule has 2 aromatic rings. The molecule has 0 radical (unpaired) electrons. The summed E-state index contributed by atoms with van der Waals surface area (Å²) in [7, 11) is 0. The van der Waals surface area contributed by atoms with Crippen LogP contribution in [0.1, 0.15) is 61.2 Å². The quantitative estimate of drug-likeness (QED) is 0.796. The van der Waals surface area contributed by atoms with E-state index in [9.17, 15) is 4.79 Å². The first kappa shape index (κ1) is 16.0. The van der Waals surface area contributed by atoms with Crippen LogP contribution in [0.4, 0.5) is 0 Å². The number of nitrogens with zero attached hydrogens (tertiary/aromatic N) is 2. The van der Waals surface area contributed by atoms with Gasteiger partial charge in [0.25, 0.3) is 0 Å². The SMILES string of the molecule is O=C(O)C1CC(c2nc(C3(CN[C@H]4C[C@@H]4c4ccccc4)CC3)no2)C1. The Bertz CT molecular complexity index is 809. The zero-order valence-corrected chi connectivity index (χ0v) is 14.6. The highest BCUT2D eigenvalue weighted by Crippen LogP contribution is 2.49. The largest absolute Gasteiger partial charge is 0.481 e. The first-order valence-corrected chi connectivity index (χ1v) is 9.50. The molecule has 136 valence electrons. The maximum atomic E-state index is 10.9. The fourth-order valence-electron chi connectivity index (χ4n) is 4.08. The van der Waals surface area contributed by atoms with E-state index >= 15 is 0 Å². The lowest BCUT2D eigenvalue weighted by atomic mass is 9.75. The number of carboxylic acid groups (broad SMARTS) is 1. The average Bonchev–Trinajstić information content (AvgIpc) is 3.50. The number of hydrogen-bond donors (Lipinski definition) is 2. The van der Waals surface area contributed by atoms with Crippen molar-refractivity contribution in [1.82, 2.24) is 15.5 Å². The van der Waals surface area contributed by atoms with Crippen LogP contribution in [0.3, 0.4) is 0 Å². The molecule has 1 heterocycles. The molecule has 1 aromatic heterocycles. The van der Waals surface area contributed by atoms with Gasteiger partial charge in [-0.25, -0.2) is 0 Å². The summed E-state index contributed by atoms with van der Waals surface area (Å²) in [5.41, 5.74) is 1.43. The highest BCUT2D eigenvalue weighted by Gasteiger charge is 2.51. The number of carbonyl (C=O) groups is 1. The van der Waals surface area contributed by atoms with E-state index in [2.05, 4.69) is 45.8 Å². The van der Waals surface area contributed by atoms with Crippen molar-refractivity contribution in [2.75, 3.05) is 6.54 Å². The van der Waals surface area contributed by atoms with Crippen molar-refractivity contribution in [3.8, 4) is 0 Å². The van der Waals surface area contributed by atoms with Crippen LogP contribution in [0, 0.1) is 5.92 Å². The van der Waals surface area contributed by atoms with E-state index < -0.39 is 5.97 Å². The highest BCUT2D eigenvalue weighted by molar-refractivity contribution is 5.71. The minimum Gasteiger partial charge on any atom is -0.481 e. The second-order valence-corrected chi connectivity index (χ2v) is 8.18. The number of aliphatic carboxylic acids is 1. The molecule has 1 aromatic carbocycles. The Labute approximate surface area is 152 Å². The lowest BCUT2D eigenvalue weighted by Gasteiger charge is -2.28. The van der Waals surface area contributed by atoms with Gasteiger partial charge < -0.3 is 14.9 Å². The van der Waals surface area contributed by atoms with Gasteiger partial charge in [0, 0.05) is 29.8 Å². The van der Waals surface area contributed by atoms with Crippen molar-refractivity contribution >= 4 is 5.97 Å². The van der Waals surface area contributed by atoms with Crippen molar-refractivity contribution in [3.63, 3.8) is 0 Å². The van der Waals surface area contributed by atoms with Crippen LogP contribution in [0.25, 0.3) is 0 Å². The molecule has 0 aliphatic heterocycles. The van der Waals surface area contributed by atoms with E-state index in [0.717, 1.165) is 25.2 Å². The standard InChI is InChI=1S/C20H23N3O3/c24-18(25)14-8-13(9-14)17-22-19(23-26-17)20(6-7-20)11-21-16-10-15(16)12-4-2-1-3-5-12/h1-5,13-16,21H,6-11H2,(H,24,25)/t13?,14?,15-,16+/m1/s1. The number of nitrogens with one attached hydrogen (secondary N) is 1. The van der Waals surface area contributed by atoms with Gasteiger partial charge in [-0.15, -0.1) is 0 Å². The van der Waals surface area contributed by atoms with Crippen molar-refractivity contribution in [2.24, 2.45) is 5.92 Å². The van der Waals surface area contributed by atoms with Crippen LogP contribution in [-0.2, 0) is 10.2 Å². The molecule has 3 aliphatic carbocycles. The van der Waals surface area contributed by atoms with Gasteiger partial charge in [0.05, 0.1) is 5.92 Å². The van der Waals surface area contributed by atoms with Crippen LogP contribution in [-0.4, -0.2) is 33.8 Å². The maximum absolute atomic E-state index is 10.9. The summed E-state index contributed by atoms with van der Waals surface area (Å²) in [5, 5.41) is 16.9. The first-order chi connectivity index (χ1) is 12.6. The Balaban J connectivity index is 1.17. The van der Waals surface area contributed by atoms with E-state index in [0.29, 0.717) is 30.7 Å². The van der Waals surface area contributed by atoms with Gasteiger partial charge in [-0.05, 0) is 37.7 Å². The monoisotopic (exact) mass is 353 g/mol. The molecule has 3 fully saturated rings. The second-order valence-electron chi connectivity index (χ2n) is 8.18. The topological polar surface area (TPSA) is 88.2 Å². The van der Waals surface area contributed by atoms with Gasteiger partial charge in [-0.1, -0.05) is 35.5 Å². The van der Waals surface area contributed by atoms with Crippen molar-refractivity contribution < 1.29 is 14.4 Å². The summed E-state index contributed by atoms with van der Waals surface area (Å²) in [6, 6.07) is 11.2. The van der Waals surface area contributed by atoms with E-state index in [1.165, 1.54) is 12.0 Å². The van der Waals surface area contributed by atoms with Gasteiger partial charge in [0.2, 0.25) is 5.89 Å². The minimum atomic E-state index is -0.721. The number of aromatic nitrogens is 2. The summed E-state index contributed by atoms with van der Waals surface area (Å²) in [6.45, 7) is 0.891. The number of benzene rings is 1. The van der Waals surface area contributed by atoms with Crippen molar-refractivity contribution in [1.29, 1.82) is 0 Å². The third-order valence-electron chi connectivity index (χ3n) is 6.33. The van der Waals surface area contributed by atoms with Gasteiger partial charge in [-0.3, -0.25) is 4.79 Å². The lowest BCUT2D eigenvalue weighted by molar-refractivity contribution is -0.145. The van der Waals surface area contributed by atoms with E-state index in [1.807, 2.05) is 0 Å². The fraction of sp³-hybridized carbons (Fsp3) is 0.550. The summed E-state index contributed by atoms with van der Waals surface area (Å²) in [4.78, 5) is 15.6. The molecular formula is C20H23N3O3. The molecule has 2 N–H and O–H groups in total. The van der Waals surface area contributed by atoms with Gasteiger partial charge >= 0.3 is 5.97 Å². The second kappa shape index (κ2) is 5.91. The molecule has 0 unspecified atom stereocenters. The molecule has 0 bridgehead atoms. The Hall–Kier alpha value is -2.21. The Kier molecular flexibility index (Phi) is 3.64. The normalized spacial score (nSPS) is 31.2. The molecule has 2 atom stereocenters. The predicted molar refractivity (Wildman–Crippen MR) is 93.9 cm³/mol. The maximum Gasteiger partial charge on any atom is 0.306 e. The molecule has 0 spiro atoms. The molecule has 0 amide bonds. The Morgan fingerprint density at radius 3 is 2.69 bits per heavy atom. The predicted octanol–water partition coefficient (Wildman–Crippen LogP) is 2.83. The number of hydrogen-bond acceptors (Lipinski definition) is 5. The van der Waals surface area contributed by atoms with Crippen LogP contribution >= 0.6 is 0 Å². The molecule has 6 nitrogen and oxygen atoms in total. The van der Waals surface area contributed by atoms with Crippen LogP contribution < -0.4 is 5.32 Å². The highest BCUT2D eigenvalue weighted by atomic mass is 16.5. The van der Waals surface area contributed by atoms with E-state index in [4.69, 9.17) is 9.63 Å². The summed E-state index contributed by atoms with van der Waals surface area (Å²) in [6.07, 6.45) is 4.59. The molecule has 3 saturated carbocycles. The van der Waals surface area contributed by atoms with Gasteiger partial charge in [0.15, 0.2) is 5.82 Å². The Morgan fingerprint density at radius 1 is 1.23 bits per heavy atom. The Morgan fingerprint density at radius 2 is 2.00 bits per heavy atom. The molecule has 26 heavy (non-hydrogen) atoms. The summed E-state index contributed by atoms with van der Waals surface area (Å²) in [5.74, 6) is 1.19. The third kappa shape index (κ3) is 2.82. The molecule has 6 heteroatoms.